The van der Waals surface area contributed by atoms with Crippen molar-refractivity contribution < 1.29 is 9.53 Å². The van der Waals surface area contributed by atoms with Crippen LogP contribution in [0.1, 0.15) is 56.3 Å². The second-order valence-corrected chi connectivity index (χ2v) is 5.06. The van der Waals surface area contributed by atoms with Crippen molar-refractivity contribution in [3.05, 3.63) is 23.8 Å². The number of nitrogen functional groups attached to an aromatic ring is 1. The van der Waals surface area contributed by atoms with Crippen LogP contribution >= 0.6 is 0 Å². The highest BCUT2D eigenvalue weighted by molar-refractivity contribution is 5.95. The lowest BCUT2D eigenvalue weighted by Crippen LogP contribution is -2.34. The third kappa shape index (κ3) is 4.76. The van der Waals surface area contributed by atoms with Gasteiger partial charge >= 0.3 is 0 Å². The number of nitrogens with two attached hydrogens (primary N) is 1. The fourth-order valence-electron chi connectivity index (χ4n) is 2.23. The Hall–Kier alpha value is -1.71. The van der Waals surface area contributed by atoms with Crippen LogP contribution in [0, 0.1) is 0 Å². The van der Waals surface area contributed by atoms with Gasteiger partial charge in [0.15, 0.2) is 0 Å². The minimum Gasteiger partial charge on any atom is -0.495 e. The van der Waals surface area contributed by atoms with Crippen molar-refractivity contribution >= 4 is 11.6 Å². The maximum Gasteiger partial charge on any atom is 0.251 e. The highest BCUT2D eigenvalue weighted by atomic mass is 16.5. The topological polar surface area (TPSA) is 64.3 Å². The Kier molecular flexibility index (Phi) is 6.91. The number of amides is 1. The van der Waals surface area contributed by atoms with Gasteiger partial charge in [-0.3, -0.25) is 4.79 Å². The van der Waals surface area contributed by atoms with Crippen molar-refractivity contribution in [1.82, 2.24) is 5.32 Å². The molecule has 0 spiro atoms. The summed E-state index contributed by atoms with van der Waals surface area (Å²) in [5, 5.41) is 3.10. The molecule has 0 bridgehead atoms. The van der Waals surface area contributed by atoms with Gasteiger partial charge in [0.1, 0.15) is 5.75 Å². The first-order valence-corrected chi connectivity index (χ1v) is 7.36. The van der Waals surface area contributed by atoms with E-state index in [0.29, 0.717) is 17.0 Å². The molecule has 0 fully saturated rings. The van der Waals surface area contributed by atoms with Crippen LogP contribution in [-0.2, 0) is 0 Å². The van der Waals surface area contributed by atoms with Crippen molar-refractivity contribution in [3.63, 3.8) is 0 Å². The number of rotatable bonds is 8. The Labute approximate surface area is 121 Å². The predicted molar refractivity (Wildman–Crippen MR) is 83.1 cm³/mol. The Morgan fingerprint density at radius 2 is 2.05 bits per heavy atom. The first-order valence-electron chi connectivity index (χ1n) is 7.36. The molecule has 4 nitrogen and oxygen atoms in total. The number of carbonyl (C=O) groups excluding carboxylic acids is 1. The maximum atomic E-state index is 12.2. The summed E-state index contributed by atoms with van der Waals surface area (Å²) < 4.78 is 5.10. The van der Waals surface area contributed by atoms with Crippen molar-refractivity contribution in [2.45, 2.75) is 52.0 Å². The van der Waals surface area contributed by atoms with Gasteiger partial charge in [0, 0.05) is 11.6 Å². The van der Waals surface area contributed by atoms with Gasteiger partial charge < -0.3 is 15.8 Å². The van der Waals surface area contributed by atoms with E-state index in [1.54, 1.807) is 25.3 Å². The van der Waals surface area contributed by atoms with Crippen LogP contribution in [0.25, 0.3) is 0 Å². The lowest BCUT2D eigenvalue weighted by molar-refractivity contribution is 0.0932. The summed E-state index contributed by atoms with van der Waals surface area (Å²) in [5.41, 5.74) is 6.91. The number of benzene rings is 1. The molecule has 1 rings (SSSR count). The number of ether oxygens (including phenoxy) is 1. The highest BCUT2D eigenvalue weighted by Gasteiger charge is 2.13. The maximum absolute atomic E-state index is 12.2. The average molecular weight is 278 g/mol. The molecule has 1 aromatic carbocycles. The summed E-state index contributed by atoms with van der Waals surface area (Å²) in [6, 6.07) is 5.38. The summed E-state index contributed by atoms with van der Waals surface area (Å²) in [5.74, 6) is 0.534. The Balaban J connectivity index is 2.70. The average Bonchev–Trinajstić information content (AvgIpc) is 2.44. The van der Waals surface area contributed by atoms with Crippen LogP contribution in [0.5, 0.6) is 5.75 Å². The lowest BCUT2D eigenvalue weighted by Gasteiger charge is -2.18. The largest absolute Gasteiger partial charge is 0.495 e. The van der Waals surface area contributed by atoms with Crippen LogP contribution in [0.2, 0.25) is 0 Å². The highest BCUT2D eigenvalue weighted by Crippen LogP contribution is 2.22. The van der Waals surface area contributed by atoms with Gasteiger partial charge in [-0.25, -0.2) is 0 Å². The molecular formula is C16H26N2O2. The first-order chi connectivity index (χ1) is 9.62. The standard InChI is InChI=1S/C16H26N2O2/c1-4-6-8-13(7-5-2)18-16(19)12-9-10-15(20-3)14(17)11-12/h9-11,13H,4-8,17H2,1-3H3,(H,18,19). The number of carbonyl (C=O) groups is 1. The van der Waals surface area contributed by atoms with Gasteiger partial charge in [-0.05, 0) is 31.0 Å². The molecule has 3 N–H and O–H groups in total. The lowest BCUT2D eigenvalue weighted by atomic mass is 10.0. The Morgan fingerprint density at radius 3 is 2.60 bits per heavy atom. The molecule has 20 heavy (non-hydrogen) atoms. The van der Waals surface area contributed by atoms with E-state index >= 15 is 0 Å². The van der Waals surface area contributed by atoms with Gasteiger partial charge in [-0.2, -0.15) is 0 Å². The minimum atomic E-state index is -0.0612. The zero-order valence-electron chi connectivity index (χ0n) is 12.7. The fraction of sp³-hybridized carbons (Fsp3) is 0.562. The molecule has 0 aliphatic heterocycles. The molecule has 0 aliphatic rings. The van der Waals surface area contributed by atoms with Crippen molar-refractivity contribution in [2.24, 2.45) is 0 Å². The molecule has 0 saturated heterocycles. The second kappa shape index (κ2) is 8.46. The SMILES string of the molecule is CCCCC(CCC)NC(=O)c1ccc(OC)c(N)c1. The van der Waals surface area contributed by atoms with Crippen molar-refractivity contribution in [3.8, 4) is 5.75 Å². The van der Waals surface area contributed by atoms with Gasteiger partial charge in [0.2, 0.25) is 0 Å². The molecule has 1 aromatic rings. The Bertz CT molecular complexity index is 432. The number of unbranched alkanes of at least 4 members (excludes halogenated alkanes) is 1. The minimum absolute atomic E-state index is 0.0612. The van der Waals surface area contributed by atoms with Crippen LogP contribution in [-0.4, -0.2) is 19.1 Å². The molecule has 112 valence electrons. The van der Waals surface area contributed by atoms with E-state index in [-0.39, 0.29) is 11.9 Å². The molecule has 1 amide bonds. The fourth-order valence-corrected chi connectivity index (χ4v) is 2.23. The van der Waals surface area contributed by atoms with Gasteiger partial charge in [-0.1, -0.05) is 33.1 Å². The van der Waals surface area contributed by atoms with Crippen LogP contribution in [0.4, 0.5) is 5.69 Å². The van der Waals surface area contributed by atoms with Crippen molar-refractivity contribution in [1.29, 1.82) is 0 Å². The normalized spacial score (nSPS) is 11.9. The molecule has 0 aromatic heterocycles. The third-order valence-corrected chi connectivity index (χ3v) is 3.37. The van der Waals surface area contributed by atoms with Gasteiger partial charge in [-0.15, -0.1) is 0 Å². The van der Waals surface area contributed by atoms with Gasteiger partial charge in [0.05, 0.1) is 12.8 Å². The van der Waals surface area contributed by atoms with Gasteiger partial charge in [0.25, 0.3) is 5.91 Å². The van der Waals surface area contributed by atoms with E-state index in [4.69, 9.17) is 10.5 Å². The third-order valence-electron chi connectivity index (χ3n) is 3.37. The zero-order chi connectivity index (χ0) is 15.0. The van der Waals surface area contributed by atoms with Crippen LogP contribution in [0.3, 0.4) is 0 Å². The van der Waals surface area contributed by atoms with E-state index in [2.05, 4.69) is 19.2 Å². The van der Waals surface area contributed by atoms with Crippen LogP contribution < -0.4 is 15.8 Å². The molecule has 1 atom stereocenters. The van der Waals surface area contributed by atoms with E-state index < -0.39 is 0 Å². The number of anilines is 1. The van der Waals surface area contributed by atoms with E-state index in [1.165, 1.54) is 0 Å². The zero-order valence-corrected chi connectivity index (χ0v) is 12.7. The summed E-state index contributed by atoms with van der Waals surface area (Å²) in [4.78, 5) is 12.2. The first kappa shape index (κ1) is 16.3. The number of nitrogens with one attached hydrogen (secondary N) is 1. The monoisotopic (exact) mass is 278 g/mol. The molecule has 0 heterocycles. The van der Waals surface area contributed by atoms with E-state index in [1.807, 2.05) is 0 Å². The summed E-state index contributed by atoms with van der Waals surface area (Å²) in [6.45, 7) is 4.30. The number of hydrogen-bond donors (Lipinski definition) is 2. The molecule has 0 saturated carbocycles. The van der Waals surface area contributed by atoms with Crippen molar-refractivity contribution in [2.75, 3.05) is 12.8 Å². The summed E-state index contributed by atoms with van der Waals surface area (Å²) in [7, 11) is 1.56. The molecule has 4 heteroatoms. The Morgan fingerprint density at radius 1 is 1.30 bits per heavy atom. The molecule has 0 aliphatic carbocycles. The molecule has 0 radical (unpaired) electrons. The predicted octanol–water partition coefficient (Wildman–Crippen LogP) is 3.37. The summed E-state index contributed by atoms with van der Waals surface area (Å²) >= 11 is 0. The van der Waals surface area contributed by atoms with E-state index in [9.17, 15) is 4.79 Å². The van der Waals surface area contributed by atoms with E-state index in [0.717, 1.165) is 32.1 Å². The number of hydrogen-bond acceptors (Lipinski definition) is 3. The quantitative estimate of drug-likeness (QED) is 0.717. The summed E-state index contributed by atoms with van der Waals surface area (Å²) in [6.07, 6.45) is 5.39. The van der Waals surface area contributed by atoms with Crippen LogP contribution in [0.15, 0.2) is 18.2 Å². The number of methoxy groups -OCH3 is 1. The smallest absolute Gasteiger partial charge is 0.251 e. The molecular weight excluding hydrogens is 252 g/mol. The molecule has 1 unspecified atom stereocenters. The second-order valence-electron chi connectivity index (χ2n) is 5.06.